The Balaban J connectivity index is 2.01. The van der Waals surface area contributed by atoms with E-state index in [0.29, 0.717) is 25.5 Å². The Bertz CT molecular complexity index is 897. The van der Waals surface area contributed by atoms with Crippen LogP contribution in [0.15, 0.2) is 23.1 Å². The Labute approximate surface area is 186 Å². The minimum absolute atomic E-state index is 0.0610. The third-order valence-electron chi connectivity index (χ3n) is 5.19. The largest absolute Gasteiger partial charge is 0.417 e. The molecule has 31 heavy (non-hydrogen) atoms. The van der Waals surface area contributed by atoms with Crippen molar-refractivity contribution in [3.8, 4) is 0 Å². The van der Waals surface area contributed by atoms with Gasteiger partial charge in [0.1, 0.15) is 0 Å². The number of carbonyl (C=O) groups is 1. The van der Waals surface area contributed by atoms with Gasteiger partial charge in [-0.2, -0.15) is 17.5 Å². The molecule has 1 amide bonds. The van der Waals surface area contributed by atoms with Gasteiger partial charge in [0, 0.05) is 32.1 Å². The molecule has 0 bridgehead atoms. The Hall–Kier alpha value is -1.36. The summed E-state index contributed by atoms with van der Waals surface area (Å²) in [5, 5.41) is 2.38. The highest BCUT2D eigenvalue weighted by molar-refractivity contribution is 7.89. The third-order valence-corrected chi connectivity index (χ3v) is 7.42. The van der Waals surface area contributed by atoms with Gasteiger partial charge in [0.05, 0.1) is 15.5 Å². The van der Waals surface area contributed by atoms with E-state index in [0.717, 1.165) is 23.0 Å². The van der Waals surface area contributed by atoms with Gasteiger partial charge in [-0.1, -0.05) is 25.4 Å². The maximum Gasteiger partial charge on any atom is 0.417 e. The molecule has 176 valence electrons. The first-order valence-corrected chi connectivity index (χ1v) is 11.7. The number of alkyl halides is 3. The first-order valence-electron chi connectivity index (χ1n) is 9.93. The van der Waals surface area contributed by atoms with Crippen molar-refractivity contribution in [3.63, 3.8) is 0 Å². The summed E-state index contributed by atoms with van der Waals surface area (Å²) < 4.78 is 66.0. The highest BCUT2D eigenvalue weighted by Crippen LogP contribution is 2.36. The number of sulfonamides is 1. The van der Waals surface area contributed by atoms with Crippen LogP contribution in [0.1, 0.15) is 32.3 Å². The van der Waals surface area contributed by atoms with Gasteiger partial charge in [-0.05, 0) is 50.6 Å². The topological polar surface area (TPSA) is 69.7 Å². The van der Waals surface area contributed by atoms with Crippen molar-refractivity contribution < 1.29 is 26.4 Å². The van der Waals surface area contributed by atoms with Crippen molar-refractivity contribution >= 4 is 27.5 Å². The van der Waals surface area contributed by atoms with Gasteiger partial charge in [-0.3, -0.25) is 4.79 Å². The zero-order chi connectivity index (χ0) is 23.6. The average Bonchev–Trinajstić information content (AvgIpc) is 2.64. The number of nitrogens with zero attached hydrogens (tertiary/aromatic N) is 2. The molecule has 1 saturated heterocycles. The smallest absolute Gasteiger partial charge is 0.355 e. The average molecular weight is 484 g/mol. The number of nitrogens with one attached hydrogen (secondary N) is 1. The molecule has 0 aliphatic carbocycles. The second-order valence-corrected chi connectivity index (χ2v) is 11.3. The molecule has 1 aromatic carbocycles. The standard InChI is InChI=1S/C20H29ClF3N3O3S/c1-19(2,13-26(3)4)12-25-18(28)14-7-9-27(10-8-14)31(29,30)15-5-6-17(21)16(11-15)20(22,23)24/h5-6,11,14H,7-10,12-13H2,1-4H3,(H,25,28). The van der Waals surface area contributed by atoms with Crippen LogP contribution >= 0.6 is 11.6 Å². The molecule has 2 rings (SSSR count). The van der Waals surface area contributed by atoms with Gasteiger partial charge in [-0.25, -0.2) is 8.42 Å². The molecule has 0 radical (unpaired) electrons. The molecule has 1 aliphatic heterocycles. The molecule has 0 atom stereocenters. The number of rotatable bonds is 7. The summed E-state index contributed by atoms with van der Waals surface area (Å²) in [6.07, 6.45) is -4.15. The van der Waals surface area contributed by atoms with E-state index in [1.165, 1.54) is 0 Å². The lowest BCUT2D eigenvalue weighted by Gasteiger charge is -2.32. The molecule has 1 aliphatic rings. The van der Waals surface area contributed by atoms with E-state index in [-0.39, 0.29) is 30.3 Å². The van der Waals surface area contributed by atoms with Crippen molar-refractivity contribution in [1.29, 1.82) is 0 Å². The molecule has 0 saturated carbocycles. The van der Waals surface area contributed by atoms with Crippen LogP contribution in [0.4, 0.5) is 13.2 Å². The van der Waals surface area contributed by atoms with Crippen molar-refractivity contribution in [1.82, 2.24) is 14.5 Å². The lowest BCUT2D eigenvalue weighted by Crippen LogP contribution is -2.46. The molecule has 11 heteroatoms. The molecule has 0 spiro atoms. The molecule has 1 heterocycles. The van der Waals surface area contributed by atoms with Crippen molar-refractivity contribution in [2.45, 2.75) is 37.8 Å². The van der Waals surface area contributed by atoms with E-state index in [4.69, 9.17) is 11.6 Å². The van der Waals surface area contributed by atoms with Crippen LogP contribution < -0.4 is 5.32 Å². The first-order chi connectivity index (χ1) is 14.1. The molecular weight excluding hydrogens is 455 g/mol. The van der Waals surface area contributed by atoms with Crippen LogP contribution in [0.25, 0.3) is 0 Å². The molecule has 1 fully saturated rings. The normalized spacial score (nSPS) is 17.2. The monoisotopic (exact) mass is 483 g/mol. The molecule has 1 N–H and O–H groups in total. The Morgan fingerprint density at radius 1 is 1.23 bits per heavy atom. The van der Waals surface area contributed by atoms with Gasteiger partial charge < -0.3 is 10.2 Å². The number of benzene rings is 1. The summed E-state index contributed by atoms with van der Waals surface area (Å²) in [5.41, 5.74) is -1.31. The highest BCUT2D eigenvalue weighted by atomic mass is 35.5. The summed E-state index contributed by atoms with van der Waals surface area (Å²) in [6.45, 7) is 5.50. The van der Waals surface area contributed by atoms with Gasteiger partial charge in [0.15, 0.2) is 0 Å². The minimum atomic E-state index is -4.76. The Morgan fingerprint density at radius 2 is 1.81 bits per heavy atom. The van der Waals surface area contributed by atoms with Crippen LogP contribution in [-0.2, 0) is 21.0 Å². The molecule has 0 unspecified atom stereocenters. The van der Waals surface area contributed by atoms with Crippen molar-refractivity contribution in [3.05, 3.63) is 28.8 Å². The molecule has 1 aromatic rings. The SMILES string of the molecule is CN(C)CC(C)(C)CNC(=O)C1CCN(S(=O)(=O)c2ccc(Cl)c(C(F)(F)F)c2)CC1. The molecule has 6 nitrogen and oxygen atoms in total. The minimum Gasteiger partial charge on any atom is -0.355 e. The number of halogens is 4. The Morgan fingerprint density at radius 3 is 2.32 bits per heavy atom. The maximum atomic E-state index is 13.1. The van der Waals surface area contributed by atoms with Crippen LogP contribution in [0.2, 0.25) is 5.02 Å². The second kappa shape index (κ2) is 9.64. The van der Waals surface area contributed by atoms with Crippen LogP contribution in [0.5, 0.6) is 0 Å². The highest BCUT2D eigenvalue weighted by Gasteiger charge is 2.37. The van der Waals surface area contributed by atoms with E-state index < -0.39 is 31.7 Å². The van der Waals surface area contributed by atoms with Crippen LogP contribution in [-0.4, -0.2) is 63.8 Å². The fourth-order valence-electron chi connectivity index (χ4n) is 3.77. The summed E-state index contributed by atoms with van der Waals surface area (Å²) >= 11 is 5.58. The zero-order valence-corrected chi connectivity index (χ0v) is 19.7. The third kappa shape index (κ3) is 6.81. The van der Waals surface area contributed by atoms with E-state index in [1.807, 2.05) is 32.8 Å². The quantitative estimate of drug-likeness (QED) is 0.644. The number of piperidine rings is 1. The van der Waals surface area contributed by atoms with Gasteiger partial charge in [-0.15, -0.1) is 0 Å². The summed E-state index contributed by atoms with van der Waals surface area (Å²) in [6, 6.07) is 2.56. The van der Waals surface area contributed by atoms with Gasteiger partial charge in [0.2, 0.25) is 15.9 Å². The van der Waals surface area contributed by atoms with Crippen LogP contribution in [0.3, 0.4) is 0 Å². The number of amides is 1. The second-order valence-electron chi connectivity index (χ2n) is 8.94. The van der Waals surface area contributed by atoms with E-state index in [2.05, 4.69) is 5.32 Å². The van der Waals surface area contributed by atoms with E-state index in [1.54, 1.807) is 0 Å². The number of hydrogen-bond donors (Lipinski definition) is 1. The predicted molar refractivity (Wildman–Crippen MR) is 113 cm³/mol. The number of hydrogen-bond acceptors (Lipinski definition) is 4. The summed E-state index contributed by atoms with van der Waals surface area (Å²) in [4.78, 5) is 14.1. The molecule has 0 aromatic heterocycles. The van der Waals surface area contributed by atoms with Crippen molar-refractivity contribution in [2.75, 3.05) is 40.3 Å². The number of carbonyl (C=O) groups excluding carboxylic acids is 1. The lowest BCUT2D eigenvalue weighted by atomic mass is 9.91. The van der Waals surface area contributed by atoms with Gasteiger partial charge in [0.25, 0.3) is 0 Å². The summed E-state index contributed by atoms with van der Waals surface area (Å²) in [7, 11) is -0.209. The fourth-order valence-corrected chi connectivity index (χ4v) is 5.49. The van der Waals surface area contributed by atoms with E-state index in [9.17, 15) is 26.4 Å². The molecular formula is C20H29ClF3N3O3S. The summed E-state index contributed by atoms with van der Waals surface area (Å²) in [5.74, 6) is -0.465. The zero-order valence-electron chi connectivity index (χ0n) is 18.1. The van der Waals surface area contributed by atoms with E-state index >= 15 is 0 Å². The Kier molecular flexibility index (Phi) is 8.05. The van der Waals surface area contributed by atoms with Crippen molar-refractivity contribution in [2.24, 2.45) is 11.3 Å². The predicted octanol–water partition coefficient (Wildman–Crippen LogP) is 3.46. The first kappa shape index (κ1) is 25.9. The van der Waals surface area contributed by atoms with Gasteiger partial charge >= 0.3 is 6.18 Å². The van der Waals surface area contributed by atoms with Crippen LogP contribution in [0, 0.1) is 11.3 Å². The fraction of sp³-hybridized carbons (Fsp3) is 0.650. The lowest BCUT2D eigenvalue weighted by molar-refractivity contribution is -0.137. The maximum absolute atomic E-state index is 13.1.